The van der Waals surface area contributed by atoms with E-state index in [1.54, 1.807) is 37.3 Å². The molecule has 9 nitrogen and oxygen atoms in total. The average Bonchev–Trinajstić information content (AvgIpc) is 3.00. The van der Waals surface area contributed by atoms with E-state index in [9.17, 15) is 22.4 Å². The molecule has 3 aromatic carbocycles. The monoisotopic (exact) mass is 599 g/mol. The minimum atomic E-state index is -4.29. The number of amides is 2. The summed E-state index contributed by atoms with van der Waals surface area (Å²) in [4.78, 5) is 28.8. The van der Waals surface area contributed by atoms with Crippen LogP contribution in [0.25, 0.3) is 0 Å². The molecule has 0 saturated carbocycles. The van der Waals surface area contributed by atoms with Crippen molar-refractivity contribution in [2.75, 3.05) is 25.1 Å². The average molecular weight is 600 g/mol. The van der Waals surface area contributed by atoms with Crippen LogP contribution in [0.3, 0.4) is 0 Å². The lowest BCUT2D eigenvalue weighted by atomic mass is 10.1. The van der Waals surface area contributed by atoms with Crippen LogP contribution in [-0.2, 0) is 26.2 Å². The summed E-state index contributed by atoms with van der Waals surface area (Å²) in [5, 5.41) is 2.92. The fraction of sp³-hybridized carbons (Fsp3) is 0.355. The molecule has 3 aromatic rings. The van der Waals surface area contributed by atoms with Gasteiger partial charge in [0.15, 0.2) is 0 Å². The minimum absolute atomic E-state index is 0.0330. The smallest absolute Gasteiger partial charge is 0.264 e. The van der Waals surface area contributed by atoms with E-state index in [1.165, 1.54) is 61.6 Å². The van der Waals surface area contributed by atoms with E-state index >= 15 is 0 Å². The molecule has 42 heavy (non-hydrogen) atoms. The van der Waals surface area contributed by atoms with Crippen molar-refractivity contribution < 1.29 is 31.9 Å². The molecule has 0 spiro atoms. The van der Waals surface area contributed by atoms with Crippen molar-refractivity contribution in [1.29, 1.82) is 0 Å². The van der Waals surface area contributed by atoms with Crippen LogP contribution in [0.4, 0.5) is 10.1 Å². The molecule has 1 N–H and O–H groups in total. The third-order valence-electron chi connectivity index (χ3n) is 6.92. The number of anilines is 1. The van der Waals surface area contributed by atoms with Gasteiger partial charge >= 0.3 is 0 Å². The maximum atomic E-state index is 14.2. The van der Waals surface area contributed by atoms with Gasteiger partial charge in [-0.3, -0.25) is 13.9 Å². The molecular weight excluding hydrogens is 561 g/mol. The van der Waals surface area contributed by atoms with Crippen molar-refractivity contribution in [3.8, 4) is 11.5 Å². The summed E-state index contributed by atoms with van der Waals surface area (Å²) in [5.74, 6) is -0.874. The van der Waals surface area contributed by atoms with Gasteiger partial charge < -0.3 is 19.7 Å². The Balaban J connectivity index is 2.13. The van der Waals surface area contributed by atoms with Crippen LogP contribution >= 0.6 is 0 Å². The zero-order chi connectivity index (χ0) is 30.9. The Morgan fingerprint density at radius 3 is 2.17 bits per heavy atom. The molecule has 2 atom stereocenters. The van der Waals surface area contributed by atoms with Gasteiger partial charge in [-0.15, -0.1) is 0 Å². The van der Waals surface area contributed by atoms with E-state index in [0.29, 0.717) is 17.7 Å². The van der Waals surface area contributed by atoms with Gasteiger partial charge in [0.25, 0.3) is 10.0 Å². The first-order valence-electron chi connectivity index (χ1n) is 13.7. The van der Waals surface area contributed by atoms with Gasteiger partial charge in [0, 0.05) is 18.7 Å². The van der Waals surface area contributed by atoms with Crippen LogP contribution < -0.4 is 19.1 Å². The molecule has 0 radical (unpaired) electrons. The molecule has 11 heteroatoms. The Kier molecular flexibility index (Phi) is 11.3. The van der Waals surface area contributed by atoms with E-state index in [0.717, 1.165) is 4.31 Å². The second-order valence-corrected chi connectivity index (χ2v) is 11.6. The Bertz CT molecular complexity index is 1450. The van der Waals surface area contributed by atoms with Crippen LogP contribution in [-0.4, -0.2) is 58.0 Å². The van der Waals surface area contributed by atoms with Crippen LogP contribution in [0.2, 0.25) is 0 Å². The first-order valence-corrected chi connectivity index (χ1v) is 15.1. The SMILES string of the molecule is CC[C@H](C)NC(=O)[C@H](CC)N(Cc1ccc(F)cc1)C(=O)CN(c1cc(OC)ccc1OC)S(=O)(=O)c1ccccc1. The predicted octanol–water partition coefficient (Wildman–Crippen LogP) is 4.76. The summed E-state index contributed by atoms with van der Waals surface area (Å²) < 4.78 is 53.5. The van der Waals surface area contributed by atoms with Crippen LogP contribution in [0, 0.1) is 5.82 Å². The number of methoxy groups -OCH3 is 2. The number of hydrogen-bond donors (Lipinski definition) is 1. The number of rotatable bonds is 14. The van der Waals surface area contributed by atoms with Crippen LogP contribution in [0.5, 0.6) is 11.5 Å². The Labute approximate surface area is 247 Å². The van der Waals surface area contributed by atoms with Crippen molar-refractivity contribution >= 4 is 27.5 Å². The normalized spacial score (nSPS) is 12.6. The largest absolute Gasteiger partial charge is 0.497 e. The Morgan fingerprint density at radius 2 is 1.60 bits per heavy atom. The quantitative estimate of drug-likeness (QED) is 0.287. The number of ether oxygens (including phenoxy) is 2. The second-order valence-electron chi connectivity index (χ2n) is 9.75. The summed E-state index contributed by atoms with van der Waals surface area (Å²) in [5.41, 5.74) is 0.670. The third-order valence-corrected chi connectivity index (χ3v) is 8.69. The number of nitrogens with one attached hydrogen (secondary N) is 1. The molecule has 0 saturated heterocycles. The van der Waals surface area contributed by atoms with Gasteiger partial charge in [0.05, 0.1) is 24.8 Å². The first-order chi connectivity index (χ1) is 20.0. The highest BCUT2D eigenvalue weighted by Crippen LogP contribution is 2.36. The lowest BCUT2D eigenvalue weighted by molar-refractivity contribution is -0.140. The molecule has 0 bridgehead atoms. The van der Waals surface area contributed by atoms with Crippen LogP contribution in [0.1, 0.15) is 39.2 Å². The molecule has 0 fully saturated rings. The third kappa shape index (κ3) is 7.79. The Hall–Kier alpha value is -4.12. The van der Waals surface area contributed by atoms with Crippen molar-refractivity contribution in [2.45, 2.75) is 57.1 Å². The lowest BCUT2D eigenvalue weighted by Crippen LogP contribution is -2.53. The summed E-state index contributed by atoms with van der Waals surface area (Å²) in [6.45, 7) is 4.88. The summed E-state index contributed by atoms with van der Waals surface area (Å²) in [6, 6.07) is 16.9. The van der Waals surface area contributed by atoms with E-state index in [4.69, 9.17) is 9.47 Å². The number of hydrogen-bond acceptors (Lipinski definition) is 6. The molecule has 0 aliphatic heterocycles. The number of carbonyl (C=O) groups is 2. The first kappa shape index (κ1) is 32.4. The lowest BCUT2D eigenvalue weighted by Gasteiger charge is -2.34. The molecule has 3 rings (SSSR count). The topological polar surface area (TPSA) is 105 Å². The Morgan fingerprint density at radius 1 is 0.929 bits per heavy atom. The van der Waals surface area contributed by atoms with Gasteiger partial charge in [-0.1, -0.05) is 44.2 Å². The van der Waals surface area contributed by atoms with Crippen molar-refractivity contribution in [3.63, 3.8) is 0 Å². The van der Waals surface area contributed by atoms with E-state index in [2.05, 4.69) is 5.32 Å². The summed E-state index contributed by atoms with van der Waals surface area (Å²) >= 11 is 0. The fourth-order valence-corrected chi connectivity index (χ4v) is 5.81. The van der Waals surface area contributed by atoms with Gasteiger partial charge in [0.2, 0.25) is 11.8 Å². The molecule has 2 amide bonds. The van der Waals surface area contributed by atoms with Gasteiger partial charge in [-0.05, 0) is 61.7 Å². The van der Waals surface area contributed by atoms with Crippen LogP contribution in [0.15, 0.2) is 77.7 Å². The van der Waals surface area contributed by atoms with Crippen molar-refractivity contribution in [2.24, 2.45) is 0 Å². The second kappa shape index (κ2) is 14.7. The van der Waals surface area contributed by atoms with E-state index < -0.39 is 34.3 Å². The molecule has 0 aliphatic rings. The zero-order valence-corrected chi connectivity index (χ0v) is 25.4. The fourth-order valence-electron chi connectivity index (χ4n) is 4.37. The summed E-state index contributed by atoms with van der Waals surface area (Å²) in [6.07, 6.45) is 0.954. The minimum Gasteiger partial charge on any atom is -0.497 e. The molecular formula is C31H38FN3O6S. The highest BCUT2D eigenvalue weighted by Gasteiger charge is 2.35. The highest BCUT2D eigenvalue weighted by atomic mass is 32.2. The summed E-state index contributed by atoms with van der Waals surface area (Å²) in [7, 11) is -1.45. The molecule has 0 heterocycles. The molecule has 0 aromatic heterocycles. The number of halogens is 1. The maximum Gasteiger partial charge on any atom is 0.264 e. The zero-order valence-electron chi connectivity index (χ0n) is 24.5. The number of nitrogens with zero attached hydrogens (tertiary/aromatic N) is 2. The predicted molar refractivity (Wildman–Crippen MR) is 159 cm³/mol. The van der Waals surface area contributed by atoms with E-state index in [-0.39, 0.29) is 41.2 Å². The van der Waals surface area contributed by atoms with Crippen molar-refractivity contribution in [1.82, 2.24) is 10.2 Å². The molecule has 0 unspecified atom stereocenters. The number of benzene rings is 3. The molecule has 0 aliphatic carbocycles. The van der Waals surface area contributed by atoms with Crippen molar-refractivity contribution in [3.05, 3.63) is 84.2 Å². The maximum absolute atomic E-state index is 14.2. The standard InChI is InChI=1S/C31H38FN3O6S/c1-6-22(3)33-31(37)27(7-2)34(20-23-13-15-24(32)16-14-23)30(36)21-35(42(38,39)26-11-9-8-10-12-26)28-19-25(40-4)17-18-29(28)41-5/h8-19,22,27H,6-7,20-21H2,1-5H3,(H,33,37)/t22-,27-/m0/s1. The van der Waals surface area contributed by atoms with Gasteiger partial charge in [0.1, 0.15) is 29.9 Å². The van der Waals surface area contributed by atoms with Gasteiger partial charge in [-0.25, -0.2) is 12.8 Å². The van der Waals surface area contributed by atoms with E-state index in [1.807, 2.05) is 13.8 Å². The highest BCUT2D eigenvalue weighted by molar-refractivity contribution is 7.92. The number of carbonyl (C=O) groups excluding carboxylic acids is 2. The number of sulfonamides is 1. The molecule has 226 valence electrons. The van der Waals surface area contributed by atoms with Gasteiger partial charge in [-0.2, -0.15) is 0 Å².